The second-order valence-corrected chi connectivity index (χ2v) is 7.70. The Balaban J connectivity index is 1.37. The van der Waals surface area contributed by atoms with Gasteiger partial charge in [0.25, 0.3) is 0 Å². The number of alkyl halides is 3. The van der Waals surface area contributed by atoms with Gasteiger partial charge in [0.15, 0.2) is 11.6 Å². The van der Waals surface area contributed by atoms with Crippen LogP contribution >= 0.6 is 0 Å². The highest BCUT2D eigenvalue weighted by Gasteiger charge is 2.31. The summed E-state index contributed by atoms with van der Waals surface area (Å²) in [6.07, 6.45) is -0.0763. The molecule has 1 N–H and O–H groups in total. The molecular formula is C24H14F6N5+. The van der Waals surface area contributed by atoms with Gasteiger partial charge in [-0.15, -0.1) is 0 Å². The largest absolute Gasteiger partial charge is 0.416 e. The van der Waals surface area contributed by atoms with Crippen molar-refractivity contribution in [3.05, 3.63) is 95.7 Å². The van der Waals surface area contributed by atoms with Crippen molar-refractivity contribution in [2.45, 2.75) is 12.7 Å². The van der Waals surface area contributed by atoms with Crippen LogP contribution in [0, 0.1) is 17.5 Å². The Morgan fingerprint density at radius 1 is 0.886 bits per heavy atom. The highest BCUT2D eigenvalue weighted by Crippen LogP contribution is 2.32. The molecule has 0 saturated heterocycles. The summed E-state index contributed by atoms with van der Waals surface area (Å²) >= 11 is 0. The number of nitrogens with zero attached hydrogens (tertiary/aromatic N) is 4. The summed E-state index contributed by atoms with van der Waals surface area (Å²) in [5.74, 6) is -2.86. The maximum absolute atomic E-state index is 14.2. The highest BCUT2D eigenvalue weighted by molar-refractivity contribution is 5.77. The predicted octanol–water partition coefficient (Wildman–Crippen LogP) is 5.46. The van der Waals surface area contributed by atoms with Gasteiger partial charge in [-0.25, -0.2) is 18.2 Å². The fraction of sp³-hybridized carbons (Fsp3) is 0.0833. The van der Waals surface area contributed by atoms with E-state index < -0.39 is 29.2 Å². The van der Waals surface area contributed by atoms with E-state index in [1.54, 1.807) is 16.9 Å². The number of imidazole rings is 1. The molecule has 5 nitrogen and oxygen atoms in total. The number of H-pyrrole nitrogens is 1. The molecule has 0 atom stereocenters. The number of halogens is 6. The Kier molecular flexibility index (Phi) is 5.46. The van der Waals surface area contributed by atoms with Crippen molar-refractivity contribution in [3.63, 3.8) is 0 Å². The molecule has 2 aromatic carbocycles. The van der Waals surface area contributed by atoms with E-state index >= 15 is 0 Å². The van der Waals surface area contributed by atoms with Crippen LogP contribution in [-0.4, -0.2) is 20.1 Å². The van der Waals surface area contributed by atoms with Gasteiger partial charge in [-0.2, -0.15) is 13.2 Å². The van der Waals surface area contributed by atoms with Crippen molar-refractivity contribution in [2.75, 3.05) is 0 Å². The number of benzene rings is 2. The summed E-state index contributed by atoms with van der Waals surface area (Å²) in [4.78, 5) is 11.4. The summed E-state index contributed by atoms with van der Waals surface area (Å²) in [7, 11) is 0. The molecule has 0 fully saturated rings. The van der Waals surface area contributed by atoms with Crippen molar-refractivity contribution >= 4 is 11.0 Å². The monoisotopic (exact) mass is 486 g/mol. The topological polar surface area (TPSA) is 58.3 Å². The van der Waals surface area contributed by atoms with Gasteiger partial charge < -0.3 is 4.98 Å². The minimum Gasteiger partial charge on any atom is -0.333 e. The lowest BCUT2D eigenvalue weighted by Gasteiger charge is -2.09. The smallest absolute Gasteiger partial charge is 0.333 e. The first-order valence-corrected chi connectivity index (χ1v) is 10.2. The summed E-state index contributed by atoms with van der Waals surface area (Å²) in [6, 6.07) is 9.24. The first-order chi connectivity index (χ1) is 16.7. The van der Waals surface area contributed by atoms with E-state index in [0.29, 0.717) is 22.7 Å². The van der Waals surface area contributed by atoms with Gasteiger partial charge in [0.1, 0.15) is 28.9 Å². The Labute approximate surface area is 193 Å². The van der Waals surface area contributed by atoms with Gasteiger partial charge in [-0.3, -0.25) is 4.98 Å². The lowest BCUT2D eigenvalue weighted by atomic mass is 10.1. The molecule has 0 spiro atoms. The van der Waals surface area contributed by atoms with Crippen LogP contribution in [0.4, 0.5) is 26.3 Å². The quantitative estimate of drug-likeness (QED) is 0.271. The third-order valence-corrected chi connectivity index (χ3v) is 5.32. The molecule has 0 aliphatic heterocycles. The molecule has 0 aliphatic carbocycles. The van der Waals surface area contributed by atoms with Gasteiger partial charge in [0.2, 0.25) is 12.7 Å². The van der Waals surface area contributed by atoms with Crippen molar-refractivity contribution < 1.29 is 31.0 Å². The SMILES string of the molecule is Fc1cc(C(F)(F)F)ccc1-c1ccc(C[n+]2cc3[nH]c(-c4cccc(F)c4F)nc3cn2)cn1. The lowest BCUT2D eigenvalue weighted by molar-refractivity contribution is -0.745. The highest BCUT2D eigenvalue weighted by atomic mass is 19.4. The van der Waals surface area contributed by atoms with E-state index in [9.17, 15) is 26.3 Å². The molecule has 11 heteroatoms. The third kappa shape index (κ3) is 4.44. The van der Waals surface area contributed by atoms with E-state index in [1.165, 1.54) is 30.6 Å². The molecule has 0 unspecified atom stereocenters. The molecular weight excluding hydrogens is 472 g/mol. The summed E-state index contributed by atoms with van der Waals surface area (Å²) in [5.41, 5.74) is 0.725. The van der Waals surface area contributed by atoms with Crippen LogP contribution in [0.3, 0.4) is 0 Å². The number of aromatic nitrogens is 5. The van der Waals surface area contributed by atoms with E-state index in [1.807, 2.05) is 0 Å². The van der Waals surface area contributed by atoms with Crippen LogP contribution in [0.2, 0.25) is 0 Å². The van der Waals surface area contributed by atoms with Gasteiger partial charge in [-0.05, 0) is 47.6 Å². The molecule has 0 saturated carbocycles. The maximum atomic E-state index is 14.2. The number of nitrogens with one attached hydrogen (secondary N) is 1. The van der Waals surface area contributed by atoms with Crippen LogP contribution in [-0.2, 0) is 12.7 Å². The molecule has 176 valence electrons. The third-order valence-electron chi connectivity index (χ3n) is 5.32. The van der Waals surface area contributed by atoms with E-state index in [-0.39, 0.29) is 29.2 Å². The molecule has 5 aromatic rings. The number of rotatable bonds is 4. The standard InChI is InChI=1S/C24H13F6N5/c25-17-3-1-2-16(22(17)27)23-33-20-10-32-35(12-21(20)34-23)11-13-4-7-19(31-9-13)15-6-5-14(8-18(15)26)24(28,29)30/h1-10,12H,11H2/p+1. The second kappa shape index (κ2) is 8.49. The van der Waals surface area contributed by atoms with Crippen LogP contribution in [0.1, 0.15) is 11.1 Å². The van der Waals surface area contributed by atoms with Crippen molar-refractivity contribution in [1.82, 2.24) is 20.1 Å². The molecule has 35 heavy (non-hydrogen) atoms. The van der Waals surface area contributed by atoms with Gasteiger partial charge >= 0.3 is 6.18 Å². The number of hydrogen-bond acceptors (Lipinski definition) is 3. The average molecular weight is 486 g/mol. The molecule has 3 aromatic heterocycles. The zero-order chi connectivity index (χ0) is 24.7. The normalized spacial score (nSPS) is 11.8. The van der Waals surface area contributed by atoms with Gasteiger partial charge in [-0.1, -0.05) is 10.7 Å². The molecule has 5 rings (SSSR count). The lowest BCUT2D eigenvalue weighted by Crippen LogP contribution is -2.37. The Morgan fingerprint density at radius 3 is 2.43 bits per heavy atom. The molecule has 0 bridgehead atoms. The molecule has 0 amide bonds. The average Bonchev–Trinajstić information content (AvgIpc) is 3.24. The first-order valence-electron chi connectivity index (χ1n) is 10.2. The predicted molar refractivity (Wildman–Crippen MR) is 113 cm³/mol. The summed E-state index contributed by atoms with van der Waals surface area (Å²) in [5, 5.41) is 4.25. The zero-order valence-corrected chi connectivity index (χ0v) is 17.6. The Bertz CT molecular complexity index is 1540. The summed E-state index contributed by atoms with van der Waals surface area (Å²) in [6.45, 7) is 0.265. The number of pyridine rings is 1. The van der Waals surface area contributed by atoms with E-state index in [4.69, 9.17) is 0 Å². The van der Waals surface area contributed by atoms with Gasteiger partial charge in [0.05, 0.1) is 16.8 Å². The molecule has 0 radical (unpaired) electrons. The minimum atomic E-state index is -4.64. The minimum absolute atomic E-state index is 0.0111. The van der Waals surface area contributed by atoms with Crippen LogP contribution in [0.25, 0.3) is 33.7 Å². The van der Waals surface area contributed by atoms with Crippen molar-refractivity contribution in [3.8, 4) is 22.6 Å². The first kappa shape index (κ1) is 22.5. The molecule has 0 aliphatic rings. The number of fused-ring (bicyclic) bond motifs is 1. The van der Waals surface area contributed by atoms with Crippen LogP contribution in [0.5, 0.6) is 0 Å². The van der Waals surface area contributed by atoms with E-state index in [0.717, 1.165) is 18.2 Å². The Morgan fingerprint density at radius 2 is 1.71 bits per heavy atom. The summed E-state index contributed by atoms with van der Waals surface area (Å²) < 4.78 is 81.7. The van der Waals surface area contributed by atoms with Crippen molar-refractivity contribution in [2.24, 2.45) is 0 Å². The fourth-order valence-corrected chi connectivity index (χ4v) is 3.57. The fourth-order valence-electron chi connectivity index (χ4n) is 3.57. The molecule has 3 heterocycles. The van der Waals surface area contributed by atoms with Crippen LogP contribution < -0.4 is 4.68 Å². The maximum Gasteiger partial charge on any atom is 0.416 e. The number of aromatic amines is 1. The van der Waals surface area contributed by atoms with Gasteiger partial charge in [0, 0.05) is 17.3 Å². The number of hydrogen-bond donors (Lipinski definition) is 1. The second-order valence-electron chi connectivity index (χ2n) is 7.70. The van der Waals surface area contributed by atoms with E-state index in [2.05, 4.69) is 20.1 Å². The zero-order valence-electron chi connectivity index (χ0n) is 17.6. The van der Waals surface area contributed by atoms with Crippen molar-refractivity contribution in [1.29, 1.82) is 0 Å². The Hall–Kier alpha value is -4.28. The van der Waals surface area contributed by atoms with Crippen LogP contribution in [0.15, 0.2) is 67.1 Å².